The number of benzene rings is 1. The zero-order valence-corrected chi connectivity index (χ0v) is 18.1. The molecule has 0 spiro atoms. The highest BCUT2D eigenvalue weighted by molar-refractivity contribution is 5.82. The van der Waals surface area contributed by atoms with E-state index in [4.69, 9.17) is 5.11 Å². The van der Waals surface area contributed by atoms with Gasteiger partial charge in [0.1, 0.15) is 11.4 Å². The summed E-state index contributed by atoms with van der Waals surface area (Å²) in [6.07, 6.45) is 4.34. The molecule has 1 aromatic carbocycles. The standard InChI is InChI=1S/C22H26N6O5/c1-15(29)12-23-21(31)6-3-8-27-14-18(13-24-27)28-9-7-20(30)19(26-28)11-16-4-2-5-17(10-16)25-22(32)33/h2,4-5,7,9-10,13-15,25,29H,3,6,8,11-12H2,1H3,(H,23,31)(H,32,33). The van der Waals surface area contributed by atoms with Crippen molar-refractivity contribution in [2.45, 2.75) is 38.8 Å². The molecule has 11 heteroatoms. The van der Waals surface area contributed by atoms with E-state index in [9.17, 15) is 19.5 Å². The smallest absolute Gasteiger partial charge is 0.409 e. The lowest BCUT2D eigenvalue weighted by Gasteiger charge is -2.07. The van der Waals surface area contributed by atoms with Crippen LogP contribution in [0.25, 0.3) is 5.69 Å². The van der Waals surface area contributed by atoms with Gasteiger partial charge in [-0.15, -0.1) is 0 Å². The van der Waals surface area contributed by atoms with Crippen LogP contribution in [0.15, 0.2) is 53.7 Å². The molecule has 3 rings (SSSR count). The second kappa shape index (κ2) is 11.0. The topological polar surface area (TPSA) is 151 Å². The van der Waals surface area contributed by atoms with Crippen LogP contribution in [-0.2, 0) is 17.8 Å². The van der Waals surface area contributed by atoms with E-state index in [1.54, 1.807) is 59.1 Å². The molecule has 174 valence electrons. The van der Waals surface area contributed by atoms with E-state index >= 15 is 0 Å². The Bertz CT molecular complexity index is 1170. The molecule has 0 aliphatic rings. The van der Waals surface area contributed by atoms with Crippen molar-refractivity contribution in [3.63, 3.8) is 0 Å². The fourth-order valence-electron chi connectivity index (χ4n) is 3.13. The minimum Gasteiger partial charge on any atom is -0.465 e. The number of aliphatic hydroxyl groups is 1. The number of aromatic nitrogens is 4. The third kappa shape index (κ3) is 7.28. The number of hydrogen-bond acceptors (Lipinski definition) is 6. The highest BCUT2D eigenvalue weighted by atomic mass is 16.4. The Balaban J connectivity index is 1.64. The number of carboxylic acid groups (broad SMARTS) is 1. The van der Waals surface area contributed by atoms with Crippen LogP contribution in [-0.4, -0.2) is 54.4 Å². The Hall–Kier alpha value is -3.99. The minimum absolute atomic E-state index is 0.127. The summed E-state index contributed by atoms with van der Waals surface area (Å²) in [6.45, 7) is 2.36. The number of amides is 2. The van der Waals surface area contributed by atoms with Gasteiger partial charge in [-0.25, -0.2) is 9.48 Å². The second-order valence-electron chi connectivity index (χ2n) is 7.60. The molecule has 2 amide bonds. The van der Waals surface area contributed by atoms with Gasteiger partial charge in [0.05, 0.1) is 18.5 Å². The van der Waals surface area contributed by atoms with Gasteiger partial charge in [-0.2, -0.15) is 10.2 Å². The molecular formula is C22H26N6O5. The Morgan fingerprint density at radius 1 is 1.24 bits per heavy atom. The van der Waals surface area contributed by atoms with Gasteiger partial charge < -0.3 is 15.5 Å². The third-order valence-electron chi connectivity index (χ3n) is 4.70. The number of nitrogens with zero attached hydrogens (tertiary/aromatic N) is 4. The van der Waals surface area contributed by atoms with Crippen LogP contribution in [0.5, 0.6) is 0 Å². The molecule has 0 bridgehead atoms. The van der Waals surface area contributed by atoms with Crippen molar-refractivity contribution in [2.75, 3.05) is 11.9 Å². The number of aliphatic hydroxyl groups excluding tert-OH is 1. The first kappa shape index (κ1) is 23.7. The number of aryl methyl sites for hydroxylation is 1. The summed E-state index contributed by atoms with van der Waals surface area (Å²) in [5, 5.41) is 31.7. The summed E-state index contributed by atoms with van der Waals surface area (Å²) in [7, 11) is 0. The molecule has 0 fully saturated rings. The lowest BCUT2D eigenvalue weighted by Crippen LogP contribution is -2.30. The lowest BCUT2D eigenvalue weighted by atomic mass is 10.1. The van der Waals surface area contributed by atoms with Crippen LogP contribution in [0.2, 0.25) is 0 Å². The molecule has 0 aliphatic carbocycles. The van der Waals surface area contributed by atoms with Crippen molar-refractivity contribution in [2.24, 2.45) is 0 Å². The van der Waals surface area contributed by atoms with Gasteiger partial charge in [-0.1, -0.05) is 12.1 Å². The molecule has 3 aromatic rings. The summed E-state index contributed by atoms with van der Waals surface area (Å²) >= 11 is 0. The number of nitrogens with one attached hydrogen (secondary N) is 2. The van der Waals surface area contributed by atoms with Gasteiger partial charge in [0.2, 0.25) is 11.3 Å². The predicted molar refractivity (Wildman–Crippen MR) is 120 cm³/mol. The first-order valence-corrected chi connectivity index (χ1v) is 10.5. The van der Waals surface area contributed by atoms with Gasteiger partial charge in [0.25, 0.3) is 0 Å². The minimum atomic E-state index is -1.16. The number of carbonyl (C=O) groups is 2. The van der Waals surface area contributed by atoms with E-state index in [1.165, 1.54) is 6.07 Å². The van der Waals surface area contributed by atoms with E-state index in [0.29, 0.717) is 36.5 Å². The number of rotatable bonds is 10. The van der Waals surface area contributed by atoms with E-state index in [2.05, 4.69) is 20.8 Å². The average Bonchev–Trinajstić information content (AvgIpc) is 3.22. The lowest BCUT2D eigenvalue weighted by molar-refractivity contribution is -0.121. The van der Waals surface area contributed by atoms with Gasteiger partial charge in [-0.05, 0) is 31.0 Å². The third-order valence-corrected chi connectivity index (χ3v) is 4.70. The summed E-state index contributed by atoms with van der Waals surface area (Å²) < 4.78 is 3.24. The summed E-state index contributed by atoms with van der Waals surface area (Å²) in [5.74, 6) is -0.127. The Morgan fingerprint density at radius 3 is 2.82 bits per heavy atom. The molecule has 1 atom stereocenters. The zero-order valence-electron chi connectivity index (χ0n) is 18.1. The summed E-state index contributed by atoms with van der Waals surface area (Å²) in [5.41, 5.74) is 1.91. The predicted octanol–water partition coefficient (Wildman–Crippen LogP) is 1.39. The Morgan fingerprint density at radius 2 is 2.06 bits per heavy atom. The normalized spacial score (nSPS) is 11.7. The van der Waals surface area contributed by atoms with E-state index in [0.717, 1.165) is 5.56 Å². The molecule has 0 aliphatic heterocycles. The molecular weight excluding hydrogens is 428 g/mol. The maximum atomic E-state index is 12.3. The van der Waals surface area contributed by atoms with Crippen molar-refractivity contribution in [3.05, 3.63) is 70.4 Å². The van der Waals surface area contributed by atoms with Crippen molar-refractivity contribution in [1.82, 2.24) is 24.9 Å². The van der Waals surface area contributed by atoms with Gasteiger partial charge in [0.15, 0.2) is 0 Å². The quantitative estimate of drug-likeness (QED) is 0.361. The van der Waals surface area contributed by atoms with Crippen LogP contribution in [0.1, 0.15) is 31.0 Å². The van der Waals surface area contributed by atoms with E-state index in [-0.39, 0.29) is 24.3 Å². The molecule has 33 heavy (non-hydrogen) atoms. The highest BCUT2D eigenvalue weighted by Gasteiger charge is 2.09. The summed E-state index contributed by atoms with van der Waals surface area (Å²) in [6, 6.07) is 8.20. The van der Waals surface area contributed by atoms with Crippen LogP contribution < -0.4 is 16.1 Å². The molecule has 1 unspecified atom stereocenters. The van der Waals surface area contributed by atoms with Crippen molar-refractivity contribution in [1.29, 1.82) is 0 Å². The van der Waals surface area contributed by atoms with Gasteiger partial charge in [0, 0.05) is 43.9 Å². The fourth-order valence-corrected chi connectivity index (χ4v) is 3.13. The Kier molecular flexibility index (Phi) is 7.92. The van der Waals surface area contributed by atoms with Gasteiger partial charge in [-0.3, -0.25) is 19.6 Å². The van der Waals surface area contributed by atoms with E-state index < -0.39 is 12.2 Å². The summed E-state index contributed by atoms with van der Waals surface area (Å²) in [4.78, 5) is 34.9. The van der Waals surface area contributed by atoms with Crippen molar-refractivity contribution < 1.29 is 19.8 Å². The number of anilines is 1. The number of carbonyl (C=O) groups excluding carboxylic acids is 1. The maximum Gasteiger partial charge on any atom is 0.409 e. The molecule has 2 aromatic heterocycles. The molecule has 11 nitrogen and oxygen atoms in total. The first-order chi connectivity index (χ1) is 15.8. The van der Waals surface area contributed by atoms with Crippen LogP contribution >= 0.6 is 0 Å². The highest BCUT2D eigenvalue weighted by Crippen LogP contribution is 2.13. The molecule has 0 saturated heterocycles. The van der Waals surface area contributed by atoms with Crippen LogP contribution in [0, 0.1) is 0 Å². The average molecular weight is 454 g/mol. The van der Waals surface area contributed by atoms with E-state index in [1.807, 2.05) is 0 Å². The largest absolute Gasteiger partial charge is 0.465 e. The van der Waals surface area contributed by atoms with Gasteiger partial charge >= 0.3 is 6.09 Å². The molecule has 2 heterocycles. The monoisotopic (exact) mass is 454 g/mol. The maximum absolute atomic E-state index is 12.3. The van der Waals surface area contributed by atoms with Crippen molar-refractivity contribution >= 4 is 17.7 Å². The zero-order chi connectivity index (χ0) is 23.8. The van der Waals surface area contributed by atoms with Crippen molar-refractivity contribution in [3.8, 4) is 5.69 Å². The first-order valence-electron chi connectivity index (χ1n) is 10.5. The number of hydrogen-bond donors (Lipinski definition) is 4. The Labute approximate surface area is 189 Å². The molecule has 0 radical (unpaired) electrons. The van der Waals surface area contributed by atoms with Crippen LogP contribution in [0.4, 0.5) is 10.5 Å². The molecule has 0 saturated carbocycles. The fraction of sp³-hybridized carbons (Fsp3) is 0.318. The molecule has 4 N–H and O–H groups in total. The second-order valence-corrected chi connectivity index (χ2v) is 7.60. The SMILES string of the molecule is CC(O)CNC(=O)CCCn1cc(-n2ccc(=O)c(Cc3cccc(NC(=O)O)c3)n2)cn1. The van der Waals surface area contributed by atoms with Crippen LogP contribution in [0.3, 0.4) is 0 Å².